The van der Waals surface area contributed by atoms with Crippen molar-refractivity contribution in [1.29, 1.82) is 0 Å². The summed E-state index contributed by atoms with van der Waals surface area (Å²) < 4.78 is 5.67. The van der Waals surface area contributed by atoms with Gasteiger partial charge < -0.3 is 25.3 Å². The van der Waals surface area contributed by atoms with Gasteiger partial charge in [-0.25, -0.2) is 0 Å². The number of rotatable bonds is 5. The number of anilines is 4. The number of likely N-dealkylation sites (N-methyl/N-ethyl adjacent to an activating group) is 1. The number of nitrogens with zero attached hydrogens (tertiary/aromatic N) is 3. The first-order valence-electron chi connectivity index (χ1n) is 10.4. The minimum Gasteiger partial charge on any atom is -0.495 e. The van der Waals surface area contributed by atoms with Gasteiger partial charge in [0.15, 0.2) is 0 Å². The van der Waals surface area contributed by atoms with Gasteiger partial charge in [0, 0.05) is 25.0 Å². The molecule has 0 atom stereocenters. The van der Waals surface area contributed by atoms with E-state index in [2.05, 4.69) is 57.7 Å². The van der Waals surface area contributed by atoms with Crippen LogP contribution in [0, 0.1) is 6.92 Å². The van der Waals surface area contributed by atoms with E-state index < -0.39 is 0 Å². The van der Waals surface area contributed by atoms with Crippen LogP contribution >= 0.6 is 0 Å². The van der Waals surface area contributed by atoms with Gasteiger partial charge in [0.2, 0.25) is 5.95 Å². The molecule has 7 nitrogen and oxygen atoms in total. The standard InChI is InChI=1S/C24H26N6O/c1-15-6-4-5-7-19(15)26-23-18-8-10-25-22(18)28-24(29-23)27-20-12-17-14-30(2)11-9-16(17)13-21(20)31-3/h4-8,10,12-13H,9,11,14H2,1-3H3,(H3,25,26,27,28,29). The van der Waals surface area contributed by atoms with Crippen LogP contribution in [0.25, 0.3) is 11.0 Å². The number of aryl methyl sites for hydroxylation is 1. The minimum absolute atomic E-state index is 0.508. The highest BCUT2D eigenvalue weighted by Gasteiger charge is 2.18. The quantitative estimate of drug-likeness (QED) is 0.437. The van der Waals surface area contributed by atoms with Crippen LogP contribution in [0.15, 0.2) is 48.7 Å². The van der Waals surface area contributed by atoms with Gasteiger partial charge in [0.1, 0.15) is 17.2 Å². The first-order chi connectivity index (χ1) is 15.1. The molecule has 1 aliphatic rings. The van der Waals surface area contributed by atoms with Crippen molar-refractivity contribution < 1.29 is 4.74 Å². The monoisotopic (exact) mass is 414 g/mol. The molecule has 0 fully saturated rings. The number of aromatic amines is 1. The average molecular weight is 415 g/mol. The number of nitrogens with one attached hydrogen (secondary N) is 3. The zero-order chi connectivity index (χ0) is 21.4. The number of H-pyrrole nitrogens is 1. The van der Waals surface area contributed by atoms with Gasteiger partial charge in [0.25, 0.3) is 0 Å². The van der Waals surface area contributed by atoms with Crippen LogP contribution in [-0.4, -0.2) is 40.6 Å². The summed E-state index contributed by atoms with van der Waals surface area (Å²) in [5, 5.41) is 7.79. The summed E-state index contributed by atoms with van der Waals surface area (Å²) in [6.07, 6.45) is 2.90. The number of hydrogen-bond donors (Lipinski definition) is 3. The van der Waals surface area contributed by atoms with E-state index >= 15 is 0 Å². The van der Waals surface area contributed by atoms with Crippen molar-refractivity contribution in [3.8, 4) is 5.75 Å². The topological polar surface area (TPSA) is 78.1 Å². The minimum atomic E-state index is 0.508. The predicted octanol–water partition coefficient (Wildman–Crippen LogP) is 4.75. The van der Waals surface area contributed by atoms with Crippen LogP contribution < -0.4 is 15.4 Å². The van der Waals surface area contributed by atoms with Crippen LogP contribution in [0.4, 0.5) is 23.1 Å². The summed E-state index contributed by atoms with van der Waals surface area (Å²) in [6.45, 7) is 4.06. The van der Waals surface area contributed by atoms with Crippen LogP contribution in [0.3, 0.4) is 0 Å². The Hall–Kier alpha value is -3.58. The number of benzene rings is 2. The number of methoxy groups -OCH3 is 1. The molecule has 31 heavy (non-hydrogen) atoms. The molecular formula is C24H26N6O. The summed E-state index contributed by atoms with van der Waals surface area (Å²) >= 11 is 0. The Morgan fingerprint density at radius 2 is 1.90 bits per heavy atom. The lowest BCUT2D eigenvalue weighted by Gasteiger charge is -2.26. The summed E-state index contributed by atoms with van der Waals surface area (Å²) in [7, 11) is 3.84. The maximum atomic E-state index is 5.67. The van der Waals surface area contributed by atoms with Gasteiger partial charge >= 0.3 is 0 Å². The van der Waals surface area contributed by atoms with Crippen LogP contribution in [-0.2, 0) is 13.0 Å². The molecule has 158 valence electrons. The van der Waals surface area contributed by atoms with Crippen molar-refractivity contribution >= 4 is 34.2 Å². The average Bonchev–Trinajstić information content (AvgIpc) is 3.24. The normalized spacial score (nSPS) is 13.8. The third-order valence-corrected chi connectivity index (χ3v) is 5.79. The molecule has 2 aromatic heterocycles. The van der Waals surface area contributed by atoms with Crippen molar-refractivity contribution in [2.24, 2.45) is 0 Å². The fourth-order valence-electron chi connectivity index (χ4n) is 4.05. The van der Waals surface area contributed by atoms with Crippen LogP contribution in [0.5, 0.6) is 5.75 Å². The lowest BCUT2D eigenvalue weighted by atomic mass is 9.99. The predicted molar refractivity (Wildman–Crippen MR) is 125 cm³/mol. The molecule has 0 saturated carbocycles. The van der Waals surface area contributed by atoms with E-state index in [1.807, 2.05) is 30.5 Å². The summed E-state index contributed by atoms with van der Waals surface area (Å²) in [6, 6.07) is 14.4. The summed E-state index contributed by atoms with van der Waals surface area (Å²) in [4.78, 5) is 15.0. The van der Waals surface area contributed by atoms with Gasteiger partial charge in [-0.1, -0.05) is 18.2 Å². The molecule has 0 amide bonds. The second-order valence-electron chi connectivity index (χ2n) is 8.01. The number of hydrogen-bond acceptors (Lipinski definition) is 6. The molecule has 0 spiro atoms. The smallest absolute Gasteiger partial charge is 0.231 e. The molecule has 0 unspecified atom stereocenters. The summed E-state index contributed by atoms with van der Waals surface area (Å²) in [5.74, 6) is 2.06. The third-order valence-electron chi connectivity index (χ3n) is 5.79. The molecule has 5 rings (SSSR count). The highest BCUT2D eigenvalue weighted by Crippen LogP contribution is 2.34. The zero-order valence-corrected chi connectivity index (χ0v) is 18.0. The van der Waals surface area contributed by atoms with E-state index in [0.717, 1.165) is 59.0 Å². The summed E-state index contributed by atoms with van der Waals surface area (Å²) in [5.41, 5.74) is 6.44. The number of para-hydroxylation sites is 1. The highest BCUT2D eigenvalue weighted by atomic mass is 16.5. The molecule has 0 aliphatic carbocycles. The maximum Gasteiger partial charge on any atom is 0.231 e. The zero-order valence-electron chi connectivity index (χ0n) is 18.0. The van der Waals surface area contributed by atoms with Gasteiger partial charge in [-0.2, -0.15) is 9.97 Å². The molecule has 3 N–H and O–H groups in total. The lowest BCUT2D eigenvalue weighted by molar-refractivity contribution is 0.312. The Balaban J connectivity index is 1.53. The maximum absolute atomic E-state index is 5.67. The molecule has 1 aliphatic heterocycles. The molecule has 4 aromatic rings. The molecule has 0 bridgehead atoms. The largest absolute Gasteiger partial charge is 0.495 e. The Morgan fingerprint density at radius 3 is 2.74 bits per heavy atom. The Kier molecular flexibility index (Phi) is 4.95. The molecular weight excluding hydrogens is 388 g/mol. The van der Waals surface area contributed by atoms with E-state index in [1.54, 1.807) is 7.11 Å². The number of aromatic nitrogens is 3. The third kappa shape index (κ3) is 3.80. The van der Waals surface area contributed by atoms with Crippen LogP contribution in [0.2, 0.25) is 0 Å². The Labute approximate surface area is 181 Å². The van der Waals surface area contributed by atoms with E-state index in [9.17, 15) is 0 Å². The molecule has 2 aromatic carbocycles. The lowest BCUT2D eigenvalue weighted by Crippen LogP contribution is -2.26. The van der Waals surface area contributed by atoms with Crippen molar-refractivity contribution in [2.45, 2.75) is 19.9 Å². The first kappa shape index (κ1) is 19.4. The second-order valence-corrected chi connectivity index (χ2v) is 8.01. The Morgan fingerprint density at radius 1 is 1.03 bits per heavy atom. The first-order valence-corrected chi connectivity index (χ1v) is 10.4. The van der Waals surface area contributed by atoms with E-state index in [4.69, 9.17) is 9.72 Å². The molecule has 3 heterocycles. The highest BCUT2D eigenvalue weighted by molar-refractivity contribution is 5.90. The molecule has 0 radical (unpaired) electrons. The molecule has 7 heteroatoms. The second kappa shape index (κ2) is 7.92. The van der Waals surface area contributed by atoms with E-state index in [-0.39, 0.29) is 0 Å². The number of ether oxygens (including phenoxy) is 1. The number of fused-ring (bicyclic) bond motifs is 2. The van der Waals surface area contributed by atoms with Crippen molar-refractivity contribution in [3.63, 3.8) is 0 Å². The van der Waals surface area contributed by atoms with Gasteiger partial charge in [0.05, 0.1) is 18.2 Å². The van der Waals surface area contributed by atoms with E-state index in [1.165, 1.54) is 11.1 Å². The molecule has 0 saturated heterocycles. The fourth-order valence-corrected chi connectivity index (χ4v) is 4.05. The van der Waals surface area contributed by atoms with Gasteiger partial charge in [-0.05, 0) is 61.3 Å². The van der Waals surface area contributed by atoms with Crippen LogP contribution in [0.1, 0.15) is 16.7 Å². The fraction of sp³-hybridized carbons (Fsp3) is 0.250. The Bertz CT molecular complexity index is 1250. The van der Waals surface area contributed by atoms with Crippen molar-refractivity contribution in [3.05, 3.63) is 65.4 Å². The SMILES string of the molecule is COc1cc2c(cc1Nc1nc(Nc3ccccc3C)c3cc[nH]c3n1)CN(C)CC2. The van der Waals surface area contributed by atoms with Gasteiger partial charge in [-0.3, -0.25) is 0 Å². The van der Waals surface area contributed by atoms with Crippen molar-refractivity contribution in [1.82, 2.24) is 19.9 Å². The van der Waals surface area contributed by atoms with E-state index in [0.29, 0.717) is 5.95 Å². The van der Waals surface area contributed by atoms with Gasteiger partial charge in [-0.15, -0.1) is 0 Å². The van der Waals surface area contributed by atoms with Crippen molar-refractivity contribution in [2.75, 3.05) is 31.3 Å².